The number of ether oxygens (including phenoxy) is 1. The lowest BCUT2D eigenvalue weighted by atomic mass is 10.2. The van der Waals surface area contributed by atoms with Crippen molar-refractivity contribution >= 4 is 0 Å². The first-order valence-corrected chi connectivity index (χ1v) is 5.27. The molecule has 0 aliphatic rings. The summed E-state index contributed by atoms with van der Waals surface area (Å²) in [5.41, 5.74) is 0. The van der Waals surface area contributed by atoms with E-state index in [0.29, 0.717) is 19.8 Å². The second-order valence-electron chi connectivity index (χ2n) is 3.22. The molecule has 0 fully saturated rings. The van der Waals surface area contributed by atoms with E-state index in [4.69, 9.17) is 4.74 Å². The van der Waals surface area contributed by atoms with Gasteiger partial charge in [0.25, 0.3) is 0 Å². The van der Waals surface area contributed by atoms with Crippen LogP contribution in [0.2, 0.25) is 0 Å². The summed E-state index contributed by atoms with van der Waals surface area (Å²) in [6, 6.07) is 0. The molecular weight excluding hydrogens is 166 g/mol. The number of hydrogen-bond donors (Lipinski definition) is 2. The molecule has 0 spiro atoms. The van der Waals surface area contributed by atoms with Gasteiger partial charge in [-0.1, -0.05) is 19.8 Å². The molecule has 0 bridgehead atoms. The van der Waals surface area contributed by atoms with Gasteiger partial charge in [0.2, 0.25) is 0 Å². The van der Waals surface area contributed by atoms with Crippen LogP contribution < -0.4 is 5.32 Å². The summed E-state index contributed by atoms with van der Waals surface area (Å²) < 4.78 is 5.08. The Kier molecular flexibility index (Phi) is 9.87. The summed E-state index contributed by atoms with van der Waals surface area (Å²) in [5, 5.41) is 12.5. The minimum absolute atomic E-state index is 0.360. The van der Waals surface area contributed by atoms with Crippen LogP contribution in [0.25, 0.3) is 0 Å². The van der Waals surface area contributed by atoms with Crippen LogP contribution in [0.3, 0.4) is 0 Å². The Morgan fingerprint density at radius 3 is 2.69 bits per heavy atom. The highest BCUT2D eigenvalue weighted by Crippen LogP contribution is 1.91. The second kappa shape index (κ2) is 9.96. The normalized spacial score (nSPS) is 13.2. The third-order valence-corrected chi connectivity index (χ3v) is 1.85. The summed E-state index contributed by atoms with van der Waals surface area (Å²) in [6.07, 6.45) is 3.33. The van der Waals surface area contributed by atoms with Gasteiger partial charge in [0.05, 0.1) is 12.7 Å². The number of rotatable bonds is 9. The Labute approximate surface area is 81.5 Å². The molecule has 0 amide bonds. The van der Waals surface area contributed by atoms with Gasteiger partial charge in [0.15, 0.2) is 0 Å². The van der Waals surface area contributed by atoms with Crippen molar-refractivity contribution in [2.75, 3.05) is 26.3 Å². The standard InChI is InChI=1S/C10H23NO2/c1-3-5-6-7-11-8-10(12)9-13-4-2/h10-12H,3-9H2,1-2H3. The summed E-state index contributed by atoms with van der Waals surface area (Å²) in [7, 11) is 0. The predicted octanol–water partition coefficient (Wildman–Crippen LogP) is 1.16. The SMILES string of the molecule is CCCCCNCC(O)COCC. The Hall–Kier alpha value is -0.120. The van der Waals surface area contributed by atoms with Crippen LogP contribution in [-0.4, -0.2) is 37.5 Å². The molecule has 0 aromatic carbocycles. The van der Waals surface area contributed by atoms with Crippen LogP contribution in [0.1, 0.15) is 33.1 Å². The van der Waals surface area contributed by atoms with Crippen molar-refractivity contribution in [1.29, 1.82) is 0 Å². The summed E-state index contributed by atoms with van der Waals surface area (Å²) in [4.78, 5) is 0. The van der Waals surface area contributed by atoms with Crippen LogP contribution in [-0.2, 0) is 4.74 Å². The number of aliphatic hydroxyl groups is 1. The van der Waals surface area contributed by atoms with Crippen LogP contribution in [0, 0.1) is 0 Å². The van der Waals surface area contributed by atoms with Gasteiger partial charge in [-0.3, -0.25) is 0 Å². The molecule has 2 N–H and O–H groups in total. The first-order valence-electron chi connectivity index (χ1n) is 5.27. The molecule has 3 nitrogen and oxygen atoms in total. The zero-order valence-electron chi connectivity index (χ0n) is 8.88. The summed E-state index contributed by atoms with van der Waals surface area (Å²) >= 11 is 0. The van der Waals surface area contributed by atoms with Gasteiger partial charge >= 0.3 is 0 Å². The largest absolute Gasteiger partial charge is 0.389 e. The molecule has 0 aromatic heterocycles. The number of nitrogens with one attached hydrogen (secondary N) is 1. The smallest absolute Gasteiger partial charge is 0.0897 e. The molecule has 0 radical (unpaired) electrons. The first-order chi connectivity index (χ1) is 6.31. The van der Waals surface area contributed by atoms with Gasteiger partial charge in [-0.15, -0.1) is 0 Å². The van der Waals surface area contributed by atoms with E-state index in [0.717, 1.165) is 6.54 Å². The molecule has 0 aromatic rings. The van der Waals surface area contributed by atoms with Gasteiger partial charge in [-0.25, -0.2) is 0 Å². The summed E-state index contributed by atoms with van der Waals surface area (Å²) in [6.45, 7) is 6.87. The quantitative estimate of drug-likeness (QED) is 0.535. The summed E-state index contributed by atoms with van der Waals surface area (Å²) in [5.74, 6) is 0. The van der Waals surface area contributed by atoms with E-state index in [9.17, 15) is 5.11 Å². The highest BCUT2D eigenvalue weighted by molar-refractivity contribution is 4.57. The van der Waals surface area contributed by atoms with Gasteiger partial charge in [-0.2, -0.15) is 0 Å². The van der Waals surface area contributed by atoms with Gasteiger partial charge in [0, 0.05) is 13.2 Å². The fraction of sp³-hybridized carbons (Fsp3) is 1.00. The maximum atomic E-state index is 9.35. The fourth-order valence-electron chi connectivity index (χ4n) is 1.08. The highest BCUT2D eigenvalue weighted by Gasteiger charge is 2.01. The van der Waals surface area contributed by atoms with Gasteiger partial charge in [0.1, 0.15) is 0 Å². The monoisotopic (exact) mass is 189 g/mol. The van der Waals surface area contributed by atoms with E-state index in [1.165, 1.54) is 19.3 Å². The highest BCUT2D eigenvalue weighted by atomic mass is 16.5. The molecule has 13 heavy (non-hydrogen) atoms. The van der Waals surface area contributed by atoms with Crippen molar-refractivity contribution in [2.24, 2.45) is 0 Å². The van der Waals surface area contributed by atoms with E-state index in [1.54, 1.807) is 0 Å². The molecule has 1 atom stereocenters. The molecule has 80 valence electrons. The molecule has 1 unspecified atom stereocenters. The van der Waals surface area contributed by atoms with E-state index in [-0.39, 0.29) is 6.10 Å². The minimum Gasteiger partial charge on any atom is -0.389 e. The van der Waals surface area contributed by atoms with Crippen molar-refractivity contribution in [1.82, 2.24) is 5.32 Å². The second-order valence-corrected chi connectivity index (χ2v) is 3.22. The first kappa shape index (κ1) is 12.9. The number of aliphatic hydroxyl groups excluding tert-OH is 1. The van der Waals surface area contributed by atoms with Crippen molar-refractivity contribution in [3.05, 3.63) is 0 Å². The molecule has 0 aliphatic carbocycles. The van der Waals surface area contributed by atoms with Crippen molar-refractivity contribution in [2.45, 2.75) is 39.2 Å². The van der Waals surface area contributed by atoms with Crippen molar-refractivity contribution < 1.29 is 9.84 Å². The lowest BCUT2D eigenvalue weighted by Gasteiger charge is -2.11. The van der Waals surface area contributed by atoms with Crippen LogP contribution in [0.5, 0.6) is 0 Å². The maximum absolute atomic E-state index is 9.35. The lowest BCUT2D eigenvalue weighted by molar-refractivity contribution is 0.0429. The zero-order valence-corrected chi connectivity index (χ0v) is 8.88. The minimum atomic E-state index is -0.360. The Balaban J connectivity index is 3.03. The van der Waals surface area contributed by atoms with E-state index >= 15 is 0 Å². The topological polar surface area (TPSA) is 41.5 Å². The van der Waals surface area contributed by atoms with Crippen LogP contribution in [0.4, 0.5) is 0 Å². The van der Waals surface area contributed by atoms with Gasteiger partial charge in [-0.05, 0) is 19.9 Å². The number of hydrogen-bond acceptors (Lipinski definition) is 3. The van der Waals surface area contributed by atoms with E-state index in [1.807, 2.05) is 6.92 Å². The van der Waals surface area contributed by atoms with Crippen molar-refractivity contribution in [3.63, 3.8) is 0 Å². The zero-order chi connectivity index (χ0) is 9.94. The van der Waals surface area contributed by atoms with E-state index < -0.39 is 0 Å². The van der Waals surface area contributed by atoms with Gasteiger partial charge < -0.3 is 15.2 Å². The number of unbranched alkanes of at least 4 members (excludes halogenated alkanes) is 2. The van der Waals surface area contributed by atoms with Crippen LogP contribution >= 0.6 is 0 Å². The maximum Gasteiger partial charge on any atom is 0.0897 e. The van der Waals surface area contributed by atoms with Crippen LogP contribution in [0.15, 0.2) is 0 Å². The third-order valence-electron chi connectivity index (χ3n) is 1.85. The van der Waals surface area contributed by atoms with Crippen molar-refractivity contribution in [3.8, 4) is 0 Å². The Morgan fingerprint density at radius 2 is 2.08 bits per heavy atom. The predicted molar refractivity (Wildman–Crippen MR) is 54.9 cm³/mol. The third kappa shape index (κ3) is 9.80. The molecule has 0 heterocycles. The molecule has 0 saturated heterocycles. The molecule has 0 rings (SSSR count). The average molecular weight is 189 g/mol. The lowest BCUT2D eigenvalue weighted by Crippen LogP contribution is -2.31. The van der Waals surface area contributed by atoms with E-state index in [2.05, 4.69) is 12.2 Å². The molecule has 0 saturated carbocycles. The Morgan fingerprint density at radius 1 is 1.31 bits per heavy atom. The molecular formula is C10H23NO2. The molecule has 0 aliphatic heterocycles. The Bertz CT molecular complexity index is 98.9. The molecule has 3 heteroatoms. The fourth-order valence-corrected chi connectivity index (χ4v) is 1.08. The average Bonchev–Trinajstić information content (AvgIpc) is 2.14.